The Bertz CT molecular complexity index is 928. The van der Waals surface area contributed by atoms with Gasteiger partial charge in [-0.05, 0) is 31.0 Å². The first-order valence-corrected chi connectivity index (χ1v) is 7.90. The highest BCUT2D eigenvalue weighted by Gasteiger charge is 2.30. The van der Waals surface area contributed by atoms with Crippen molar-refractivity contribution in [2.24, 2.45) is 5.92 Å². The lowest BCUT2D eigenvalue weighted by Crippen LogP contribution is -2.15. The first kappa shape index (κ1) is 15.3. The molecule has 0 bridgehead atoms. The smallest absolute Gasteiger partial charge is 0.228 e. The predicted octanol–water partition coefficient (Wildman–Crippen LogP) is 3.09. The molecular weight excluding hydrogens is 321 g/mol. The fourth-order valence-electron chi connectivity index (χ4n) is 2.50. The fourth-order valence-corrected chi connectivity index (χ4v) is 2.50. The molecule has 0 atom stereocenters. The number of anilines is 1. The lowest BCUT2D eigenvalue weighted by atomic mass is 10.1. The van der Waals surface area contributed by atoms with Crippen molar-refractivity contribution >= 4 is 11.7 Å². The summed E-state index contributed by atoms with van der Waals surface area (Å²) in [6.45, 7) is 0. The van der Waals surface area contributed by atoms with Crippen molar-refractivity contribution in [3.05, 3.63) is 55.0 Å². The molecule has 0 radical (unpaired) electrons. The minimum Gasteiger partial charge on any atom is -0.309 e. The van der Waals surface area contributed by atoms with E-state index in [1.54, 1.807) is 24.5 Å². The van der Waals surface area contributed by atoms with Gasteiger partial charge in [-0.2, -0.15) is 0 Å². The second kappa shape index (κ2) is 6.35. The Morgan fingerprint density at radius 1 is 1.04 bits per heavy atom. The standard InChI is InChI=1S/C18H14FN5O/c19-14-9-21-8-5-13(14)17-16(11-3-6-20-7-4-11)22-10-15(23-17)24-18(25)12-1-2-12/h3-10,12H,1-2H2,(H,23,24,25). The third-order valence-electron chi connectivity index (χ3n) is 3.95. The highest BCUT2D eigenvalue weighted by atomic mass is 19.1. The molecule has 0 unspecified atom stereocenters. The van der Waals surface area contributed by atoms with Crippen molar-refractivity contribution in [1.29, 1.82) is 0 Å². The second-order valence-corrected chi connectivity index (χ2v) is 5.81. The zero-order valence-corrected chi connectivity index (χ0v) is 13.2. The van der Waals surface area contributed by atoms with E-state index in [1.807, 2.05) is 0 Å². The maximum Gasteiger partial charge on any atom is 0.228 e. The zero-order chi connectivity index (χ0) is 17.2. The molecular formula is C18H14FN5O. The molecule has 3 heterocycles. The molecule has 124 valence electrons. The maximum atomic E-state index is 14.3. The molecule has 0 spiro atoms. The van der Waals surface area contributed by atoms with Crippen LogP contribution in [0.1, 0.15) is 12.8 Å². The summed E-state index contributed by atoms with van der Waals surface area (Å²) in [6, 6.07) is 5.08. The van der Waals surface area contributed by atoms with E-state index in [0.29, 0.717) is 17.2 Å². The number of nitrogens with one attached hydrogen (secondary N) is 1. The van der Waals surface area contributed by atoms with E-state index in [9.17, 15) is 9.18 Å². The number of halogens is 1. The van der Waals surface area contributed by atoms with Gasteiger partial charge in [0.2, 0.25) is 5.91 Å². The van der Waals surface area contributed by atoms with E-state index >= 15 is 0 Å². The van der Waals surface area contributed by atoms with Gasteiger partial charge in [-0.25, -0.2) is 9.37 Å². The van der Waals surface area contributed by atoms with E-state index < -0.39 is 5.82 Å². The van der Waals surface area contributed by atoms with Crippen molar-refractivity contribution in [3.8, 4) is 22.5 Å². The summed E-state index contributed by atoms with van der Waals surface area (Å²) in [5.74, 6) is -0.228. The molecule has 1 amide bonds. The Balaban J connectivity index is 1.81. The van der Waals surface area contributed by atoms with Crippen molar-refractivity contribution in [2.75, 3.05) is 5.32 Å². The highest BCUT2D eigenvalue weighted by Crippen LogP contribution is 2.32. The third kappa shape index (κ3) is 3.21. The molecule has 0 aliphatic heterocycles. The van der Waals surface area contributed by atoms with Crippen LogP contribution in [-0.4, -0.2) is 25.8 Å². The number of nitrogens with zero attached hydrogens (tertiary/aromatic N) is 4. The second-order valence-electron chi connectivity index (χ2n) is 5.81. The van der Waals surface area contributed by atoms with Crippen LogP contribution in [0.2, 0.25) is 0 Å². The molecule has 1 fully saturated rings. The normalized spacial score (nSPS) is 13.5. The van der Waals surface area contributed by atoms with Gasteiger partial charge in [0, 0.05) is 35.6 Å². The van der Waals surface area contributed by atoms with Crippen LogP contribution in [0.5, 0.6) is 0 Å². The molecule has 1 aliphatic carbocycles. The van der Waals surface area contributed by atoms with Gasteiger partial charge in [0.05, 0.1) is 18.1 Å². The fraction of sp³-hybridized carbons (Fsp3) is 0.167. The largest absolute Gasteiger partial charge is 0.309 e. The van der Waals surface area contributed by atoms with Gasteiger partial charge in [0.25, 0.3) is 0 Å². The van der Waals surface area contributed by atoms with E-state index in [1.165, 1.54) is 18.5 Å². The minimum absolute atomic E-state index is 0.0442. The average molecular weight is 335 g/mol. The Morgan fingerprint density at radius 3 is 2.52 bits per heavy atom. The van der Waals surface area contributed by atoms with Crippen molar-refractivity contribution in [3.63, 3.8) is 0 Å². The third-order valence-corrected chi connectivity index (χ3v) is 3.95. The monoisotopic (exact) mass is 335 g/mol. The minimum atomic E-state index is -0.502. The first-order valence-electron chi connectivity index (χ1n) is 7.90. The summed E-state index contributed by atoms with van der Waals surface area (Å²) in [5.41, 5.74) is 1.89. The Kier molecular flexibility index (Phi) is 3.89. The molecule has 3 aromatic heterocycles. The van der Waals surface area contributed by atoms with E-state index in [0.717, 1.165) is 24.6 Å². The molecule has 7 heteroatoms. The summed E-state index contributed by atoms with van der Waals surface area (Å²) >= 11 is 0. The Labute approximate surface area is 143 Å². The summed E-state index contributed by atoms with van der Waals surface area (Å²) in [4.78, 5) is 28.6. The number of rotatable bonds is 4. The number of hydrogen-bond donors (Lipinski definition) is 1. The number of aromatic nitrogens is 4. The zero-order valence-electron chi connectivity index (χ0n) is 13.2. The topological polar surface area (TPSA) is 80.7 Å². The van der Waals surface area contributed by atoms with Crippen LogP contribution in [-0.2, 0) is 4.79 Å². The van der Waals surface area contributed by atoms with Crippen LogP contribution >= 0.6 is 0 Å². The van der Waals surface area contributed by atoms with Gasteiger partial charge < -0.3 is 5.32 Å². The van der Waals surface area contributed by atoms with E-state index in [4.69, 9.17) is 0 Å². The van der Waals surface area contributed by atoms with Gasteiger partial charge in [-0.1, -0.05) is 0 Å². The highest BCUT2D eigenvalue weighted by molar-refractivity contribution is 5.93. The molecule has 1 saturated carbocycles. The lowest BCUT2D eigenvalue weighted by molar-refractivity contribution is -0.117. The van der Waals surface area contributed by atoms with Gasteiger partial charge >= 0.3 is 0 Å². The lowest BCUT2D eigenvalue weighted by Gasteiger charge is -2.11. The summed E-state index contributed by atoms with van der Waals surface area (Å²) in [6.07, 6.45) is 9.15. The van der Waals surface area contributed by atoms with Crippen LogP contribution in [0.4, 0.5) is 10.2 Å². The number of carbonyl (C=O) groups is 1. The van der Waals surface area contributed by atoms with Crippen LogP contribution in [0, 0.1) is 11.7 Å². The molecule has 1 aliphatic rings. The van der Waals surface area contributed by atoms with Gasteiger partial charge in [-0.3, -0.25) is 19.7 Å². The van der Waals surface area contributed by atoms with E-state index in [2.05, 4.69) is 25.3 Å². The number of amides is 1. The van der Waals surface area contributed by atoms with Gasteiger partial charge in [0.1, 0.15) is 5.69 Å². The van der Waals surface area contributed by atoms with Gasteiger partial charge in [-0.15, -0.1) is 0 Å². The summed E-state index contributed by atoms with van der Waals surface area (Å²) in [5, 5.41) is 2.75. The van der Waals surface area contributed by atoms with E-state index in [-0.39, 0.29) is 17.4 Å². The first-order chi connectivity index (χ1) is 12.2. The summed E-state index contributed by atoms with van der Waals surface area (Å²) in [7, 11) is 0. The van der Waals surface area contributed by atoms with Crippen molar-refractivity contribution < 1.29 is 9.18 Å². The molecule has 25 heavy (non-hydrogen) atoms. The molecule has 6 nitrogen and oxygen atoms in total. The maximum absolute atomic E-state index is 14.3. The Hall–Kier alpha value is -3.22. The van der Waals surface area contributed by atoms with Crippen LogP contribution in [0.3, 0.4) is 0 Å². The van der Waals surface area contributed by atoms with Crippen LogP contribution < -0.4 is 5.32 Å². The molecule has 4 rings (SSSR count). The molecule has 3 aromatic rings. The molecule has 0 saturated heterocycles. The predicted molar refractivity (Wildman–Crippen MR) is 89.8 cm³/mol. The molecule has 1 N–H and O–H groups in total. The van der Waals surface area contributed by atoms with Crippen molar-refractivity contribution in [2.45, 2.75) is 12.8 Å². The molecule has 0 aromatic carbocycles. The van der Waals surface area contributed by atoms with Crippen molar-refractivity contribution in [1.82, 2.24) is 19.9 Å². The quantitative estimate of drug-likeness (QED) is 0.792. The number of pyridine rings is 2. The average Bonchev–Trinajstić information content (AvgIpc) is 3.48. The van der Waals surface area contributed by atoms with Crippen LogP contribution in [0.15, 0.2) is 49.2 Å². The van der Waals surface area contributed by atoms with Crippen LogP contribution in [0.25, 0.3) is 22.5 Å². The Morgan fingerprint density at radius 2 is 1.80 bits per heavy atom. The number of hydrogen-bond acceptors (Lipinski definition) is 5. The SMILES string of the molecule is O=C(Nc1cnc(-c2ccncc2)c(-c2ccncc2F)n1)C1CC1. The summed E-state index contributed by atoms with van der Waals surface area (Å²) < 4.78 is 14.3. The number of carbonyl (C=O) groups excluding carboxylic acids is 1. The van der Waals surface area contributed by atoms with Gasteiger partial charge in [0.15, 0.2) is 11.6 Å².